The van der Waals surface area contributed by atoms with E-state index < -0.39 is 13.3 Å². The Bertz CT molecular complexity index is 829. The van der Waals surface area contributed by atoms with Crippen LogP contribution in [0.3, 0.4) is 0 Å². The highest BCUT2D eigenvalue weighted by atomic mass is 31.2. The van der Waals surface area contributed by atoms with Crippen LogP contribution in [0, 0.1) is 0 Å². The first kappa shape index (κ1) is 20.3. The fourth-order valence-corrected chi connectivity index (χ4v) is 6.24. The summed E-state index contributed by atoms with van der Waals surface area (Å²) in [6.45, 7) is 2.67. The highest BCUT2D eigenvalue weighted by Crippen LogP contribution is 2.52. The van der Waals surface area contributed by atoms with E-state index in [-0.39, 0.29) is 5.97 Å². The second kappa shape index (κ2) is 9.64. The molecule has 3 rings (SSSR count). The molecule has 0 amide bonds. The Labute approximate surface area is 167 Å². The van der Waals surface area contributed by atoms with E-state index >= 15 is 0 Å². The Hall–Kier alpha value is -2.48. The molecule has 28 heavy (non-hydrogen) atoms. The lowest BCUT2D eigenvalue weighted by atomic mass is 10.1. The summed E-state index contributed by atoms with van der Waals surface area (Å²) in [5, 5.41) is 2.62. The molecule has 144 valence electrons. The Kier molecular flexibility index (Phi) is 6.97. The molecule has 4 heteroatoms. The maximum Gasteiger partial charge on any atom is 0.323 e. The molecule has 0 aliphatic heterocycles. The van der Waals surface area contributed by atoms with Gasteiger partial charge in [-0.25, -0.2) is 0 Å². The summed E-state index contributed by atoms with van der Waals surface area (Å²) in [6.07, 6.45) is 1.29. The number of rotatable bonds is 8. The van der Waals surface area contributed by atoms with Gasteiger partial charge in [-0.2, -0.15) is 0 Å². The van der Waals surface area contributed by atoms with Gasteiger partial charge in [-0.3, -0.25) is 4.79 Å². The minimum Gasteiger partial charge on any atom is -0.461 e. The fraction of sp³-hybridized carbons (Fsp3) is 0.208. The first-order valence-corrected chi connectivity index (χ1v) is 11.9. The first-order chi connectivity index (χ1) is 13.6. The van der Waals surface area contributed by atoms with Crippen molar-refractivity contribution in [2.24, 2.45) is 5.73 Å². The molecule has 0 saturated carbocycles. The average Bonchev–Trinajstić information content (AvgIpc) is 2.75. The van der Waals surface area contributed by atoms with Crippen LogP contribution >= 0.6 is 7.26 Å². The molecule has 0 aliphatic carbocycles. The lowest BCUT2D eigenvalue weighted by molar-refractivity contribution is -0.144. The lowest BCUT2D eigenvalue weighted by Gasteiger charge is -2.23. The molecule has 3 aromatic carbocycles. The summed E-state index contributed by atoms with van der Waals surface area (Å²) in [4.78, 5) is 12.4. The maximum atomic E-state index is 12.4. The monoisotopic (exact) mass is 392 g/mol. The van der Waals surface area contributed by atoms with Crippen molar-refractivity contribution < 1.29 is 9.53 Å². The molecule has 0 unspecified atom stereocenters. The Morgan fingerprint density at radius 2 is 1.32 bits per heavy atom. The van der Waals surface area contributed by atoms with E-state index in [0.29, 0.717) is 13.0 Å². The molecule has 0 bridgehead atoms. The maximum absolute atomic E-state index is 12.4. The number of carbonyl (C=O) groups excluding carboxylic acids is 1. The first-order valence-electron chi connectivity index (χ1n) is 9.52. The molecule has 3 aromatic rings. The third-order valence-electron chi connectivity index (χ3n) is 5.04. The van der Waals surface area contributed by atoms with Gasteiger partial charge >= 0.3 is 5.97 Å². The topological polar surface area (TPSA) is 52.3 Å². The van der Waals surface area contributed by atoms with E-state index in [0.717, 1.165) is 11.7 Å². The molecule has 0 spiro atoms. The summed E-state index contributed by atoms with van der Waals surface area (Å²) < 4.78 is 5.58. The molecule has 0 radical (unpaired) electrons. The summed E-state index contributed by atoms with van der Waals surface area (Å²) in [5.41, 5.74) is 7.10. The van der Waals surface area contributed by atoms with Crippen molar-refractivity contribution in [1.82, 2.24) is 0 Å². The van der Waals surface area contributed by atoms with Gasteiger partial charge in [0.2, 0.25) is 0 Å². The number of carbonyl (C=O) groups is 1. The molecular formula is C24H27NO2P+. The van der Waals surface area contributed by atoms with E-state index in [1.54, 1.807) is 0 Å². The zero-order valence-corrected chi connectivity index (χ0v) is 17.1. The predicted molar refractivity (Wildman–Crippen MR) is 119 cm³/mol. The SMILES string of the molecule is C[P+](CCOC(=O)[C@@H](N)Cc1ccccc1)(c1ccccc1)c1ccccc1. The largest absolute Gasteiger partial charge is 0.461 e. The number of hydrogen-bond acceptors (Lipinski definition) is 3. The van der Waals surface area contributed by atoms with Crippen molar-refractivity contribution >= 4 is 23.8 Å². The quantitative estimate of drug-likeness (QED) is 0.472. The highest BCUT2D eigenvalue weighted by Gasteiger charge is 2.37. The van der Waals surface area contributed by atoms with Crippen LogP contribution in [0.5, 0.6) is 0 Å². The third kappa shape index (κ3) is 5.07. The predicted octanol–water partition coefficient (Wildman–Crippen LogP) is 3.40. The second-order valence-electron chi connectivity index (χ2n) is 7.05. The van der Waals surface area contributed by atoms with Crippen LogP contribution in [0.25, 0.3) is 0 Å². The van der Waals surface area contributed by atoms with Crippen LogP contribution in [-0.4, -0.2) is 31.4 Å². The van der Waals surface area contributed by atoms with E-state index in [4.69, 9.17) is 10.5 Å². The van der Waals surface area contributed by atoms with Gasteiger partial charge in [-0.05, 0) is 36.2 Å². The molecule has 0 saturated heterocycles. The van der Waals surface area contributed by atoms with Gasteiger partial charge in [-0.1, -0.05) is 66.7 Å². The Morgan fingerprint density at radius 3 is 1.82 bits per heavy atom. The fourth-order valence-electron chi connectivity index (χ4n) is 3.31. The summed E-state index contributed by atoms with van der Waals surface area (Å²) >= 11 is 0. The van der Waals surface area contributed by atoms with Crippen molar-refractivity contribution in [2.45, 2.75) is 12.5 Å². The molecular weight excluding hydrogens is 365 g/mol. The normalized spacial score (nSPS) is 12.4. The molecule has 0 fully saturated rings. The van der Waals surface area contributed by atoms with E-state index in [1.165, 1.54) is 10.6 Å². The van der Waals surface area contributed by atoms with Gasteiger partial charge < -0.3 is 10.5 Å². The standard InChI is InChI=1S/C24H27NO2P/c1-28(21-13-7-3-8-14-21,22-15-9-4-10-16-22)18-17-27-24(26)23(25)19-20-11-5-2-6-12-20/h2-16,23H,17-19,25H2,1H3/q+1/t23-/m0/s1. The van der Waals surface area contributed by atoms with Crippen molar-refractivity contribution in [3.63, 3.8) is 0 Å². The van der Waals surface area contributed by atoms with Crippen LogP contribution in [0.2, 0.25) is 0 Å². The van der Waals surface area contributed by atoms with Crippen LogP contribution < -0.4 is 16.3 Å². The number of esters is 1. The molecule has 0 aliphatic rings. The van der Waals surface area contributed by atoms with Crippen LogP contribution in [0.4, 0.5) is 0 Å². The molecule has 1 atom stereocenters. The molecule has 3 nitrogen and oxygen atoms in total. The third-order valence-corrected chi connectivity index (χ3v) is 8.99. The number of ether oxygens (including phenoxy) is 1. The number of hydrogen-bond donors (Lipinski definition) is 1. The van der Waals surface area contributed by atoms with Crippen molar-refractivity contribution in [1.29, 1.82) is 0 Å². The zero-order valence-electron chi connectivity index (χ0n) is 16.2. The molecule has 2 N–H and O–H groups in total. The summed E-state index contributed by atoms with van der Waals surface area (Å²) in [7, 11) is -1.65. The van der Waals surface area contributed by atoms with Crippen LogP contribution in [-0.2, 0) is 16.0 Å². The van der Waals surface area contributed by atoms with Crippen molar-refractivity contribution in [3.8, 4) is 0 Å². The average molecular weight is 392 g/mol. The van der Waals surface area contributed by atoms with Gasteiger partial charge in [0.15, 0.2) is 0 Å². The van der Waals surface area contributed by atoms with Crippen molar-refractivity contribution in [3.05, 3.63) is 96.6 Å². The number of nitrogens with two attached hydrogens (primary N) is 1. The summed E-state index contributed by atoms with van der Waals surface area (Å²) in [6, 6.07) is 30.2. The number of benzene rings is 3. The van der Waals surface area contributed by atoms with Gasteiger partial charge in [0.1, 0.15) is 18.8 Å². The van der Waals surface area contributed by atoms with Crippen molar-refractivity contribution in [2.75, 3.05) is 19.4 Å². The van der Waals surface area contributed by atoms with Crippen LogP contribution in [0.15, 0.2) is 91.0 Å². The van der Waals surface area contributed by atoms with E-state index in [9.17, 15) is 4.79 Å². The molecule has 0 aromatic heterocycles. The van der Waals surface area contributed by atoms with E-state index in [1.807, 2.05) is 42.5 Å². The highest BCUT2D eigenvalue weighted by molar-refractivity contribution is 7.88. The second-order valence-corrected chi connectivity index (χ2v) is 10.9. The lowest BCUT2D eigenvalue weighted by Crippen LogP contribution is -2.35. The summed E-state index contributed by atoms with van der Waals surface area (Å²) in [5.74, 6) is -0.337. The minimum atomic E-state index is -1.65. The Morgan fingerprint density at radius 1 is 0.857 bits per heavy atom. The molecule has 0 heterocycles. The van der Waals surface area contributed by atoms with E-state index in [2.05, 4.69) is 55.2 Å². The van der Waals surface area contributed by atoms with Gasteiger partial charge in [0.05, 0.1) is 24.5 Å². The minimum absolute atomic E-state index is 0.337. The van der Waals surface area contributed by atoms with Crippen LogP contribution in [0.1, 0.15) is 5.56 Å². The van der Waals surface area contributed by atoms with Gasteiger partial charge in [0, 0.05) is 0 Å². The zero-order chi connectivity index (χ0) is 19.8. The van der Waals surface area contributed by atoms with Gasteiger partial charge in [0.25, 0.3) is 0 Å². The van der Waals surface area contributed by atoms with Gasteiger partial charge in [-0.15, -0.1) is 0 Å². The smallest absolute Gasteiger partial charge is 0.323 e. The Balaban J connectivity index is 1.65.